The van der Waals surface area contributed by atoms with Crippen molar-refractivity contribution in [3.8, 4) is 0 Å². The highest BCUT2D eigenvalue weighted by molar-refractivity contribution is 5.69. The predicted octanol–water partition coefficient (Wildman–Crippen LogP) is 1.27. The van der Waals surface area contributed by atoms with Gasteiger partial charge >= 0.3 is 0 Å². The summed E-state index contributed by atoms with van der Waals surface area (Å²) in [5.41, 5.74) is 1.75. The molecule has 14 heavy (non-hydrogen) atoms. The van der Waals surface area contributed by atoms with Crippen LogP contribution < -0.4 is 0 Å². The fraction of sp³-hybridized carbons (Fsp3) is 0.400. The number of rotatable bonds is 4. The summed E-state index contributed by atoms with van der Waals surface area (Å²) in [7, 11) is 0. The van der Waals surface area contributed by atoms with E-state index in [1.165, 1.54) is 0 Å². The zero-order valence-electron chi connectivity index (χ0n) is 7.90. The standard InChI is InChI=1S/C10H13N3O/c14-7-2-1-5-9-12-8-4-3-6-11-10(8)13-9/h3-4,6,14H,1-2,5,7H2,(H,11,12,13). The molecule has 2 aromatic heterocycles. The maximum atomic E-state index is 8.64. The van der Waals surface area contributed by atoms with E-state index in [2.05, 4.69) is 15.0 Å². The lowest BCUT2D eigenvalue weighted by molar-refractivity contribution is 0.284. The molecule has 0 unspecified atom stereocenters. The molecule has 0 aliphatic heterocycles. The van der Waals surface area contributed by atoms with Crippen LogP contribution in [0.2, 0.25) is 0 Å². The van der Waals surface area contributed by atoms with E-state index in [1.807, 2.05) is 12.1 Å². The zero-order chi connectivity index (χ0) is 9.80. The Labute approximate surface area is 82.0 Å². The van der Waals surface area contributed by atoms with Crippen LogP contribution in [0.25, 0.3) is 11.2 Å². The molecule has 0 amide bonds. The van der Waals surface area contributed by atoms with Crippen molar-refractivity contribution in [2.45, 2.75) is 19.3 Å². The van der Waals surface area contributed by atoms with Gasteiger partial charge in [0.25, 0.3) is 0 Å². The first-order chi connectivity index (χ1) is 6.90. The van der Waals surface area contributed by atoms with Crippen LogP contribution in [0.15, 0.2) is 18.3 Å². The van der Waals surface area contributed by atoms with E-state index in [1.54, 1.807) is 6.20 Å². The van der Waals surface area contributed by atoms with Gasteiger partial charge in [-0.05, 0) is 25.0 Å². The molecule has 0 fully saturated rings. The third kappa shape index (κ3) is 1.90. The molecule has 4 nitrogen and oxygen atoms in total. The Kier molecular flexibility index (Phi) is 2.74. The Morgan fingerprint density at radius 2 is 2.29 bits per heavy atom. The van der Waals surface area contributed by atoms with E-state index >= 15 is 0 Å². The molecule has 0 saturated carbocycles. The van der Waals surface area contributed by atoms with Crippen LogP contribution in [0, 0.1) is 0 Å². The van der Waals surface area contributed by atoms with E-state index in [0.29, 0.717) is 0 Å². The van der Waals surface area contributed by atoms with Crippen LogP contribution in [-0.4, -0.2) is 26.7 Å². The molecule has 0 atom stereocenters. The van der Waals surface area contributed by atoms with Gasteiger partial charge in [0, 0.05) is 19.2 Å². The van der Waals surface area contributed by atoms with E-state index in [0.717, 1.165) is 36.3 Å². The topological polar surface area (TPSA) is 61.8 Å². The van der Waals surface area contributed by atoms with Gasteiger partial charge < -0.3 is 10.1 Å². The molecular weight excluding hydrogens is 178 g/mol. The highest BCUT2D eigenvalue weighted by atomic mass is 16.2. The number of H-pyrrole nitrogens is 1. The first kappa shape index (κ1) is 9.15. The average Bonchev–Trinajstić information content (AvgIpc) is 2.60. The summed E-state index contributed by atoms with van der Waals surface area (Å²) in [6, 6.07) is 3.85. The molecule has 2 heterocycles. The number of unbranched alkanes of at least 4 members (excludes halogenated alkanes) is 1. The molecule has 2 aromatic rings. The van der Waals surface area contributed by atoms with Crippen molar-refractivity contribution in [3.63, 3.8) is 0 Å². The second-order valence-corrected chi connectivity index (χ2v) is 3.24. The Bertz CT molecular complexity index is 377. The lowest BCUT2D eigenvalue weighted by Crippen LogP contribution is -1.90. The van der Waals surface area contributed by atoms with Gasteiger partial charge in [0.2, 0.25) is 0 Å². The lowest BCUT2D eigenvalue weighted by atomic mass is 10.2. The number of pyridine rings is 1. The number of imidazole rings is 1. The summed E-state index contributed by atoms with van der Waals surface area (Å²) in [5, 5.41) is 8.64. The molecule has 4 heteroatoms. The maximum absolute atomic E-state index is 8.64. The normalized spacial score (nSPS) is 10.9. The van der Waals surface area contributed by atoms with E-state index < -0.39 is 0 Å². The molecular formula is C10H13N3O. The Morgan fingerprint density at radius 3 is 3.07 bits per heavy atom. The molecule has 0 aliphatic carbocycles. The van der Waals surface area contributed by atoms with Crippen LogP contribution in [0.1, 0.15) is 18.7 Å². The van der Waals surface area contributed by atoms with Gasteiger partial charge in [-0.3, -0.25) is 0 Å². The highest BCUT2D eigenvalue weighted by Crippen LogP contribution is 2.09. The first-order valence-electron chi connectivity index (χ1n) is 4.80. The largest absolute Gasteiger partial charge is 0.396 e. The van der Waals surface area contributed by atoms with Gasteiger partial charge in [-0.2, -0.15) is 0 Å². The molecule has 0 bridgehead atoms. The van der Waals surface area contributed by atoms with Gasteiger partial charge in [-0.1, -0.05) is 0 Å². The van der Waals surface area contributed by atoms with Crippen molar-refractivity contribution < 1.29 is 5.11 Å². The second-order valence-electron chi connectivity index (χ2n) is 3.24. The summed E-state index contributed by atoms with van der Waals surface area (Å²) in [6.07, 6.45) is 4.39. The SMILES string of the molecule is OCCCCc1nc2ncccc2[nH]1. The smallest absolute Gasteiger partial charge is 0.177 e. The van der Waals surface area contributed by atoms with Gasteiger partial charge in [-0.25, -0.2) is 9.97 Å². The first-order valence-corrected chi connectivity index (χ1v) is 4.80. The Hall–Kier alpha value is -1.42. The fourth-order valence-corrected chi connectivity index (χ4v) is 1.42. The van der Waals surface area contributed by atoms with Crippen LogP contribution in [0.4, 0.5) is 0 Å². The van der Waals surface area contributed by atoms with Crippen LogP contribution >= 0.6 is 0 Å². The van der Waals surface area contributed by atoms with Crippen LogP contribution in [0.5, 0.6) is 0 Å². The number of aliphatic hydroxyl groups is 1. The third-order valence-corrected chi connectivity index (χ3v) is 2.13. The van der Waals surface area contributed by atoms with Crippen molar-refractivity contribution in [2.24, 2.45) is 0 Å². The van der Waals surface area contributed by atoms with Crippen molar-refractivity contribution >= 4 is 11.2 Å². The third-order valence-electron chi connectivity index (χ3n) is 2.13. The van der Waals surface area contributed by atoms with E-state index in [9.17, 15) is 0 Å². The monoisotopic (exact) mass is 191 g/mol. The zero-order valence-corrected chi connectivity index (χ0v) is 7.90. The Morgan fingerprint density at radius 1 is 1.36 bits per heavy atom. The maximum Gasteiger partial charge on any atom is 0.177 e. The molecule has 2 N–H and O–H groups in total. The minimum Gasteiger partial charge on any atom is -0.396 e. The summed E-state index contributed by atoms with van der Waals surface area (Å²) in [5.74, 6) is 0.951. The molecule has 0 saturated heterocycles. The van der Waals surface area contributed by atoms with Gasteiger partial charge in [0.05, 0.1) is 5.52 Å². The number of aryl methyl sites for hydroxylation is 1. The number of fused-ring (bicyclic) bond motifs is 1. The van der Waals surface area contributed by atoms with Crippen molar-refractivity contribution in [3.05, 3.63) is 24.2 Å². The quantitative estimate of drug-likeness (QED) is 0.715. The highest BCUT2D eigenvalue weighted by Gasteiger charge is 2.01. The summed E-state index contributed by atoms with van der Waals surface area (Å²) >= 11 is 0. The van der Waals surface area contributed by atoms with Crippen molar-refractivity contribution in [1.82, 2.24) is 15.0 Å². The van der Waals surface area contributed by atoms with Gasteiger partial charge in [0.15, 0.2) is 5.65 Å². The summed E-state index contributed by atoms with van der Waals surface area (Å²) < 4.78 is 0. The van der Waals surface area contributed by atoms with E-state index in [-0.39, 0.29) is 6.61 Å². The molecule has 0 spiro atoms. The summed E-state index contributed by atoms with van der Waals surface area (Å²) in [6.45, 7) is 0.248. The minimum atomic E-state index is 0.248. The molecule has 0 aliphatic rings. The Balaban J connectivity index is 2.11. The molecule has 74 valence electrons. The minimum absolute atomic E-state index is 0.248. The molecule has 0 radical (unpaired) electrons. The lowest BCUT2D eigenvalue weighted by Gasteiger charge is -1.93. The van der Waals surface area contributed by atoms with E-state index in [4.69, 9.17) is 5.11 Å². The van der Waals surface area contributed by atoms with Crippen molar-refractivity contribution in [1.29, 1.82) is 0 Å². The van der Waals surface area contributed by atoms with Crippen molar-refractivity contribution in [2.75, 3.05) is 6.61 Å². The predicted molar refractivity (Wildman–Crippen MR) is 53.9 cm³/mol. The van der Waals surface area contributed by atoms with Crippen LogP contribution in [0.3, 0.4) is 0 Å². The molecule has 2 rings (SSSR count). The number of hydrogen-bond acceptors (Lipinski definition) is 3. The number of nitrogens with zero attached hydrogens (tertiary/aromatic N) is 2. The van der Waals surface area contributed by atoms with Gasteiger partial charge in [0.1, 0.15) is 5.82 Å². The number of hydrogen-bond donors (Lipinski definition) is 2. The second kappa shape index (κ2) is 4.19. The average molecular weight is 191 g/mol. The fourth-order valence-electron chi connectivity index (χ4n) is 1.42. The number of aliphatic hydroxyl groups excluding tert-OH is 1. The van der Waals surface area contributed by atoms with Gasteiger partial charge in [-0.15, -0.1) is 0 Å². The molecule has 0 aromatic carbocycles. The number of aromatic nitrogens is 3. The number of aromatic amines is 1. The number of nitrogens with one attached hydrogen (secondary N) is 1. The van der Waals surface area contributed by atoms with Crippen LogP contribution in [-0.2, 0) is 6.42 Å². The summed E-state index contributed by atoms with van der Waals surface area (Å²) in [4.78, 5) is 11.7.